The van der Waals surface area contributed by atoms with Gasteiger partial charge in [-0.15, -0.1) is 5.10 Å². The second kappa shape index (κ2) is 8.36. The third-order valence-corrected chi connectivity index (χ3v) is 6.37. The molecule has 0 radical (unpaired) electrons. The molecule has 1 aromatic heterocycles. The molecule has 3 rings (SSSR count). The number of urea groups is 1. The second-order valence-corrected chi connectivity index (χ2v) is 9.18. The molecule has 0 atom stereocenters. The van der Waals surface area contributed by atoms with E-state index in [1.807, 2.05) is 13.0 Å². The molecular weight excluding hydrogens is 416 g/mol. The van der Waals surface area contributed by atoms with Crippen LogP contribution in [-0.4, -0.2) is 54.4 Å². The lowest BCUT2D eigenvalue weighted by Crippen LogP contribution is -2.31. The highest BCUT2D eigenvalue weighted by molar-refractivity contribution is 7.89. The Balaban J connectivity index is 1.64. The van der Waals surface area contributed by atoms with E-state index < -0.39 is 10.0 Å². The van der Waals surface area contributed by atoms with Crippen molar-refractivity contribution in [1.82, 2.24) is 24.6 Å². The molecule has 0 fully saturated rings. The molecule has 2 N–H and O–H groups in total. The summed E-state index contributed by atoms with van der Waals surface area (Å²) in [6.45, 7) is 2.55. The van der Waals surface area contributed by atoms with Crippen molar-refractivity contribution >= 4 is 44.4 Å². The van der Waals surface area contributed by atoms with Crippen molar-refractivity contribution in [2.24, 2.45) is 0 Å². The molecule has 29 heavy (non-hydrogen) atoms. The highest BCUT2D eigenvalue weighted by Crippen LogP contribution is 2.20. The summed E-state index contributed by atoms with van der Waals surface area (Å²) < 4.78 is 27.2. The Bertz CT molecular complexity index is 1160. The number of nitrogens with zero attached hydrogens (tertiary/aromatic N) is 4. The minimum Gasteiger partial charge on any atom is -0.336 e. The smallest absolute Gasteiger partial charge is 0.319 e. The fourth-order valence-electron chi connectivity index (χ4n) is 2.66. The number of benzene rings is 2. The molecule has 0 bridgehead atoms. The summed E-state index contributed by atoms with van der Waals surface area (Å²) in [5, 5.41) is 14.1. The van der Waals surface area contributed by atoms with Crippen molar-refractivity contribution in [3.8, 4) is 0 Å². The van der Waals surface area contributed by atoms with E-state index in [9.17, 15) is 13.2 Å². The lowest BCUT2D eigenvalue weighted by atomic mass is 10.2. The van der Waals surface area contributed by atoms with Crippen molar-refractivity contribution in [3.63, 3.8) is 0 Å². The van der Waals surface area contributed by atoms with Crippen molar-refractivity contribution < 1.29 is 13.2 Å². The third-order valence-electron chi connectivity index (χ3n) is 4.32. The van der Waals surface area contributed by atoms with Gasteiger partial charge in [0.05, 0.1) is 17.0 Å². The first kappa shape index (κ1) is 21.0. The number of carbonyl (C=O) groups is 1. The standard InChI is InChI=1S/C18H21ClN6O3S/c1-12-4-5-13(19)10-15(12)21-18(26)20-8-9-25-17-7-6-14(11-16(17)22-23-25)29(27,28)24(2)3/h4-7,10-11H,8-9H2,1-3H3,(H2,20,21,26). The maximum atomic E-state index is 12.2. The predicted molar refractivity (Wildman–Crippen MR) is 112 cm³/mol. The molecule has 0 spiro atoms. The van der Waals surface area contributed by atoms with E-state index in [1.165, 1.54) is 26.2 Å². The summed E-state index contributed by atoms with van der Waals surface area (Å²) in [5.41, 5.74) is 2.67. The van der Waals surface area contributed by atoms with Crippen LogP contribution in [0.25, 0.3) is 11.0 Å². The molecule has 9 nitrogen and oxygen atoms in total. The summed E-state index contributed by atoms with van der Waals surface area (Å²) in [6.07, 6.45) is 0. The zero-order chi connectivity index (χ0) is 21.2. The van der Waals surface area contributed by atoms with Gasteiger partial charge in [0, 0.05) is 31.4 Å². The molecule has 0 aliphatic carbocycles. The predicted octanol–water partition coefficient (Wildman–Crippen LogP) is 2.47. The van der Waals surface area contributed by atoms with Crippen LogP contribution in [0.15, 0.2) is 41.3 Å². The summed E-state index contributed by atoms with van der Waals surface area (Å²) in [7, 11) is -0.602. The topological polar surface area (TPSA) is 109 Å². The summed E-state index contributed by atoms with van der Waals surface area (Å²) in [6, 6.07) is 9.55. The van der Waals surface area contributed by atoms with E-state index in [0.717, 1.165) is 9.87 Å². The van der Waals surface area contributed by atoms with E-state index in [-0.39, 0.29) is 10.9 Å². The van der Waals surface area contributed by atoms with Crippen LogP contribution in [0.2, 0.25) is 5.02 Å². The number of hydrogen-bond donors (Lipinski definition) is 2. The molecule has 11 heteroatoms. The van der Waals surface area contributed by atoms with Crippen LogP contribution in [0, 0.1) is 6.92 Å². The monoisotopic (exact) mass is 436 g/mol. The molecule has 2 aromatic carbocycles. The van der Waals surface area contributed by atoms with Gasteiger partial charge in [0.25, 0.3) is 0 Å². The van der Waals surface area contributed by atoms with Gasteiger partial charge in [-0.05, 0) is 42.8 Å². The van der Waals surface area contributed by atoms with Gasteiger partial charge in [0.15, 0.2) is 0 Å². The number of fused-ring (bicyclic) bond motifs is 1. The van der Waals surface area contributed by atoms with Crippen LogP contribution in [-0.2, 0) is 16.6 Å². The van der Waals surface area contributed by atoms with E-state index in [4.69, 9.17) is 11.6 Å². The fraction of sp³-hybridized carbons (Fsp3) is 0.278. The van der Waals surface area contributed by atoms with E-state index in [2.05, 4.69) is 20.9 Å². The number of hydrogen-bond acceptors (Lipinski definition) is 5. The number of rotatable bonds is 6. The van der Waals surface area contributed by atoms with Gasteiger partial charge in [-0.25, -0.2) is 22.2 Å². The Hall–Kier alpha value is -2.69. The normalized spacial score (nSPS) is 11.8. The molecule has 0 saturated carbocycles. The summed E-state index contributed by atoms with van der Waals surface area (Å²) in [5.74, 6) is 0. The Morgan fingerprint density at radius 2 is 1.97 bits per heavy atom. The SMILES string of the molecule is Cc1ccc(Cl)cc1NC(=O)NCCn1nnc2cc(S(=O)(=O)N(C)C)ccc21. The number of sulfonamides is 1. The van der Waals surface area contributed by atoms with Crippen molar-refractivity contribution in [1.29, 1.82) is 0 Å². The number of nitrogens with one attached hydrogen (secondary N) is 2. The Morgan fingerprint density at radius 1 is 1.21 bits per heavy atom. The van der Waals surface area contributed by atoms with E-state index in [1.54, 1.807) is 22.9 Å². The van der Waals surface area contributed by atoms with Crippen molar-refractivity contribution in [3.05, 3.63) is 47.0 Å². The fourth-order valence-corrected chi connectivity index (χ4v) is 3.75. The molecule has 154 valence electrons. The van der Waals surface area contributed by atoms with Crippen LogP contribution < -0.4 is 10.6 Å². The second-order valence-electron chi connectivity index (χ2n) is 6.59. The number of aromatic nitrogens is 3. The molecule has 2 amide bonds. The first-order valence-electron chi connectivity index (χ1n) is 8.75. The molecule has 3 aromatic rings. The van der Waals surface area contributed by atoms with Gasteiger partial charge in [0.2, 0.25) is 10.0 Å². The first-order chi connectivity index (χ1) is 13.7. The molecule has 0 aliphatic rings. The molecule has 0 saturated heterocycles. The number of aryl methyl sites for hydroxylation is 1. The van der Waals surface area contributed by atoms with E-state index >= 15 is 0 Å². The van der Waals surface area contributed by atoms with Crippen molar-refractivity contribution in [2.75, 3.05) is 26.0 Å². The van der Waals surface area contributed by atoms with Gasteiger partial charge in [-0.1, -0.05) is 22.9 Å². The lowest BCUT2D eigenvalue weighted by Gasteiger charge is -2.11. The Labute approximate surface area is 173 Å². The summed E-state index contributed by atoms with van der Waals surface area (Å²) >= 11 is 5.95. The minimum absolute atomic E-state index is 0.149. The minimum atomic E-state index is -3.54. The third kappa shape index (κ3) is 4.66. The van der Waals surface area contributed by atoms with Gasteiger partial charge < -0.3 is 10.6 Å². The maximum Gasteiger partial charge on any atom is 0.319 e. The van der Waals surface area contributed by atoms with Crippen LogP contribution in [0.1, 0.15) is 5.56 Å². The van der Waals surface area contributed by atoms with Crippen LogP contribution >= 0.6 is 11.6 Å². The van der Waals surface area contributed by atoms with Crippen LogP contribution in [0.5, 0.6) is 0 Å². The molecule has 1 heterocycles. The van der Waals surface area contributed by atoms with Gasteiger partial charge in [0.1, 0.15) is 5.52 Å². The zero-order valence-corrected chi connectivity index (χ0v) is 17.8. The highest BCUT2D eigenvalue weighted by atomic mass is 35.5. The van der Waals surface area contributed by atoms with Crippen LogP contribution in [0.4, 0.5) is 10.5 Å². The largest absolute Gasteiger partial charge is 0.336 e. The van der Waals surface area contributed by atoms with Gasteiger partial charge in [-0.2, -0.15) is 0 Å². The van der Waals surface area contributed by atoms with E-state index in [0.29, 0.717) is 34.8 Å². The quantitative estimate of drug-likeness (QED) is 0.616. The lowest BCUT2D eigenvalue weighted by molar-refractivity contribution is 0.251. The highest BCUT2D eigenvalue weighted by Gasteiger charge is 2.18. The Morgan fingerprint density at radius 3 is 2.69 bits per heavy atom. The number of halogens is 1. The van der Waals surface area contributed by atoms with Gasteiger partial charge >= 0.3 is 6.03 Å². The average molecular weight is 437 g/mol. The van der Waals surface area contributed by atoms with Crippen molar-refractivity contribution in [2.45, 2.75) is 18.4 Å². The van der Waals surface area contributed by atoms with Crippen LogP contribution in [0.3, 0.4) is 0 Å². The number of amides is 2. The summed E-state index contributed by atoms with van der Waals surface area (Å²) in [4.78, 5) is 12.3. The molecule has 0 unspecified atom stereocenters. The molecular formula is C18H21ClN6O3S. The van der Waals surface area contributed by atoms with Gasteiger partial charge in [-0.3, -0.25) is 0 Å². The Kier molecular flexibility index (Phi) is 6.06. The first-order valence-corrected chi connectivity index (χ1v) is 10.6. The molecule has 0 aliphatic heterocycles. The zero-order valence-electron chi connectivity index (χ0n) is 16.2. The maximum absolute atomic E-state index is 12.2. The number of anilines is 1. The number of carbonyl (C=O) groups excluding carboxylic acids is 1. The average Bonchev–Trinajstić information content (AvgIpc) is 3.07.